The molecule has 1 fully saturated rings. The maximum absolute atomic E-state index is 6.16. The minimum absolute atomic E-state index is 0.181. The van der Waals surface area contributed by atoms with E-state index in [1.54, 1.807) is 6.20 Å². The van der Waals surface area contributed by atoms with Crippen molar-refractivity contribution < 1.29 is 9.47 Å². The number of benzene rings is 2. The number of aromatic nitrogens is 1. The molecule has 4 rings (SSSR count). The number of nitrogens with zero attached hydrogens (tertiary/aromatic N) is 1. The van der Waals surface area contributed by atoms with Crippen LogP contribution in [0.15, 0.2) is 59.2 Å². The summed E-state index contributed by atoms with van der Waals surface area (Å²) in [5, 5.41) is 2.45. The molecular weight excluding hydrogens is 402 g/mol. The van der Waals surface area contributed by atoms with Crippen molar-refractivity contribution in [1.82, 2.24) is 4.98 Å². The average Bonchev–Trinajstić information content (AvgIpc) is 2.60. The third-order valence-electron chi connectivity index (χ3n) is 4.45. The van der Waals surface area contributed by atoms with Crippen LogP contribution in [0.2, 0.25) is 5.15 Å². The van der Waals surface area contributed by atoms with Gasteiger partial charge in [0.05, 0.1) is 12.7 Å². The summed E-state index contributed by atoms with van der Waals surface area (Å²) in [4.78, 5) is 4.18. The van der Waals surface area contributed by atoms with Gasteiger partial charge in [-0.2, -0.15) is 0 Å². The topological polar surface area (TPSA) is 31.4 Å². The molecule has 1 aliphatic carbocycles. The van der Waals surface area contributed by atoms with Gasteiger partial charge >= 0.3 is 0 Å². The summed E-state index contributed by atoms with van der Waals surface area (Å²) in [5.41, 5.74) is 1.20. The Morgan fingerprint density at radius 2 is 1.84 bits per heavy atom. The fourth-order valence-electron chi connectivity index (χ4n) is 2.97. The SMILES string of the molecule is Clc1cc2c(Br)ccc(OC3CC(OCc4ccccc4)C3)c2cn1. The molecule has 0 radical (unpaired) electrons. The molecule has 25 heavy (non-hydrogen) atoms. The number of halogens is 2. The van der Waals surface area contributed by atoms with Crippen molar-refractivity contribution in [2.45, 2.75) is 31.7 Å². The lowest BCUT2D eigenvalue weighted by molar-refractivity contribution is -0.0679. The fourth-order valence-corrected chi connectivity index (χ4v) is 3.59. The van der Waals surface area contributed by atoms with Crippen molar-refractivity contribution in [2.24, 2.45) is 0 Å². The largest absolute Gasteiger partial charge is 0.490 e. The van der Waals surface area contributed by atoms with E-state index in [0.29, 0.717) is 11.8 Å². The van der Waals surface area contributed by atoms with E-state index in [9.17, 15) is 0 Å². The molecule has 0 aliphatic heterocycles. The van der Waals surface area contributed by atoms with E-state index in [1.165, 1.54) is 5.56 Å². The lowest BCUT2D eigenvalue weighted by Gasteiger charge is -2.35. The van der Waals surface area contributed by atoms with Crippen LogP contribution >= 0.6 is 27.5 Å². The van der Waals surface area contributed by atoms with E-state index < -0.39 is 0 Å². The fraction of sp³-hybridized carbons (Fsp3) is 0.250. The molecule has 1 saturated carbocycles. The Bertz CT molecular complexity index is 882. The molecule has 1 aromatic heterocycles. The molecule has 0 amide bonds. The first-order valence-corrected chi connectivity index (χ1v) is 9.42. The van der Waals surface area contributed by atoms with Crippen LogP contribution in [0.3, 0.4) is 0 Å². The van der Waals surface area contributed by atoms with Gasteiger partial charge in [0.2, 0.25) is 0 Å². The minimum atomic E-state index is 0.181. The molecule has 1 aliphatic rings. The van der Waals surface area contributed by atoms with E-state index >= 15 is 0 Å². The number of rotatable bonds is 5. The number of hydrogen-bond donors (Lipinski definition) is 0. The summed E-state index contributed by atoms with van der Waals surface area (Å²) in [7, 11) is 0. The van der Waals surface area contributed by atoms with Gasteiger partial charge in [0, 0.05) is 34.3 Å². The van der Waals surface area contributed by atoms with Gasteiger partial charge in [0.15, 0.2) is 0 Å². The third-order valence-corrected chi connectivity index (χ3v) is 5.35. The van der Waals surface area contributed by atoms with Crippen molar-refractivity contribution in [3.63, 3.8) is 0 Å². The minimum Gasteiger partial charge on any atom is -0.490 e. The highest BCUT2D eigenvalue weighted by Crippen LogP contribution is 2.36. The zero-order valence-electron chi connectivity index (χ0n) is 13.5. The van der Waals surface area contributed by atoms with Gasteiger partial charge < -0.3 is 9.47 Å². The zero-order chi connectivity index (χ0) is 17.2. The van der Waals surface area contributed by atoms with Crippen LogP contribution in [0.1, 0.15) is 18.4 Å². The maximum Gasteiger partial charge on any atom is 0.129 e. The second-order valence-electron chi connectivity index (χ2n) is 6.23. The van der Waals surface area contributed by atoms with Gasteiger partial charge in [-0.1, -0.05) is 57.9 Å². The van der Waals surface area contributed by atoms with Crippen molar-refractivity contribution >= 4 is 38.3 Å². The van der Waals surface area contributed by atoms with E-state index in [-0.39, 0.29) is 12.2 Å². The smallest absolute Gasteiger partial charge is 0.129 e. The first-order valence-electron chi connectivity index (χ1n) is 8.25. The van der Waals surface area contributed by atoms with Crippen LogP contribution in [0.5, 0.6) is 5.75 Å². The van der Waals surface area contributed by atoms with E-state index in [4.69, 9.17) is 21.1 Å². The second-order valence-corrected chi connectivity index (χ2v) is 7.47. The molecular formula is C20H17BrClNO2. The summed E-state index contributed by atoms with van der Waals surface area (Å²) in [6.45, 7) is 0.655. The molecule has 0 saturated heterocycles. The summed E-state index contributed by atoms with van der Waals surface area (Å²) in [6, 6.07) is 16.0. The maximum atomic E-state index is 6.16. The lowest BCUT2D eigenvalue weighted by Crippen LogP contribution is -2.39. The number of hydrogen-bond acceptors (Lipinski definition) is 3. The van der Waals surface area contributed by atoms with Crippen LogP contribution in [0.4, 0.5) is 0 Å². The van der Waals surface area contributed by atoms with Crippen molar-refractivity contribution in [3.8, 4) is 5.75 Å². The predicted octanol–water partition coefficient (Wildman–Crippen LogP) is 5.78. The Kier molecular flexibility index (Phi) is 4.93. The van der Waals surface area contributed by atoms with Crippen LogP contribution in [-0.2, 0) is 11.3 Å². The zero-order valence-corrected chi connectivity index (χ0v) is 15.8. The highest BCUT2D eigenvalue weighted by Gasteiger charge is 2.32. The Balaban J connectivity index is 1.37. The van der Waals surface area contributed by atoms with E-state index in [0.717, 1.165) is 33.8 Å². The molecule has 3 nitrogen and oxygen atoms in total. The molecule has 0 atom stereocenters. The van der Waals surface area contributed by atoms with Crippen LogP contribution < -0.4 is 4.74 Å². The standard InChI is InChI=1S/C20H17BrClNO2/c21-18-6-7-19(17-11-23-20(22)10-16(17)18)25-15-8-14(9-15)24-12-13-4-2-1-3-5-13/h1-7,10-11,14-15H,8-9,12H2. The van der Waals surface area contributed by atoms with Gasteiger partial charge in [0.25, 0.3) is 0 Å². The quantitative estimate of drug-likeness (QED) is 0.492. The molecule has 2 aromatic carbocycles. The van der Waals surface area contributed by atoms with Gasteiger partial charge in [-0.05, 0) is 23.8 Å². The summed E-state index contributed by atoms with van der Waals surface area (Å²) in [6.07, 6.45) is 4.02. The molecule has 0 spiro atoms. The Hall–Kier alpha value is -1.62. The summed E-state index contributed by atoms with van der Waals surface area (Å²) in [5.74, 6) is 0.842. The molecule has 0 N–H and O–H groups in total. The van der Waals surface area contributed by atoms with Gasteiger partial charge in [-0.15, -0.1) is 0 Å². The molecule has 5 heteroatoms. The van der Waals surface area contributed by atoms with Gasteiger partial charge in [0.1, 0.15) is 17.0 Å². The molecule has 3 aromatic rings. The highest BCUT2D eigenvalue weighted by atomic mass is 79.9. The Morgan fingerprint density at radius 1 is 1.04 bits per heavy atom. The number of ether oxygens (including phenoxy) is 2. The molecule has 1 heterocycles. The Labute approximate surface area is 160 Å². The van der Waals surface area contributed by atoms with E-state index in [1.807, 2.05) is 36.4 Å². The first kappa shape index (κ1) is 16.8. The number of pyridine rings is 1. The van der Waals surface area contributed by atoms with E-state index in [2.05, 4.69) is 33.0 Å². The molecule has 0 unspecified atom stereocenters. The number of fused-ring (bicyclic) bond motifs is 1. The average molecular weight is 419 g/mol. The first-order chi connectivity index (χ1) is 12.2. The normalized spacial score (nSPS) is 19.6. The summed E-state index contributed by atoms with van der Waals surface area (Å²) < 4.78 is 13.1. The molecule has 0 bridgehead atoms. The van der Waals surface area contributed by atoms with Crippen LogP contribution in [0, 0.1) is 0 Å². The van der Waals surface area contributed by atoms with Crippen molar-refractivity contribution in [2.75, 3.05) is 0 Å². The van der Waals surface area contributed by atoms with Crippen LogP contribution in [0.25, 0.3) is 10.8 Å². The second kappa shape index (κ2) is 7.32. The van der Waals surface area contributed by atoms with Gasteiger partial charge in [-0.3, -0.25) is 0 Å². The third kappa shape index (κ3) is 3.81. The molecule has 128 valence electrons. The van der Waals surface area contributed by atoms with Crippen molar-refractivity contribution in [3.05, 3.63) is 69.9 Å². The van der Waals surface area contributed by atoms with Crippen LogP contribution in [-0.4, -0.2) is 17.2 Å². The monoisotopic (exact) mass is 417 g/mol. The predicted molar refractivity (Wildman–Crippen MR) is 103 cm³/mol. The van der Waals surface area contributed by atoms with Gasteiger partial charge in [-0.25, -0.2) is 4.98 Å². The highest BCUT2D eigenvalue weighted by molar-refractivity contribution is 9.10. The summed E-state index contributed by atoms with van der Waals surface area (Å²) >= 11 is 9.56. The Morgan fingerprint density at radius 3 is 2.64 bits per heavy atom. The van der Waals surface area contributed by atoms with Crippen molar-refractivity contribution in [1.29, 1.82) is 0 Å². The lowest BCUT2D eigenvalue weighted by atomic mass is 9.91.